The van der Waals surface area contributed by atoms with Crippen molar-refractivity contribution in [3.05, 3.63) is 29.8 Å². The van der Waals surface area contributed by atoms with Crippen molar-refractivity contribution in [1.82, 2.24) is 10.2 Å². The highest BCUT2D eigenvalue weighted by molar-refractivity contribution is 7.80. The zero-order valence-corrected chi connectivity index (χ0v) is 10.1. The zero-order chi connectivity index (χ0) is 11.5. The van der Waals surface area contributed by atoms with E-state index in [4.69, 9.17) is 12.2 Å². The molecule has 2 rings (SSSR count). The third-order valence-electron chi connectivity index (χ3n) is 3.02. The lowest BCUT2D eigenvalue weighted by atomic mass is 10.0. The number of nitrogens with one attached hydrogen (secondary N) is 1. The van der Waals surface area contributed by atoms with Gasteiger partial charge in [-0.05, 0) is 31.1 Å². The first-order valence-corrected chi connectivity index (χ1v) is 5.91. The molecule has 1 atom stereocenters. The summed E-state index contributed by atoms with van der Waals surface area (Å²) in [4.78, 5) is 2.14. The van der Waals surface area contributed by atoms with E-state index in [1.54, 1.807) is 6.07 Å². The van der Waals surface area contributed by atoms with Gasteiger partial charge in [-0.25, -0.2) is 0 Å². The number of thiocarbonyl (C=S) groups is 1. The van der Waals surface area contributed by atoms with Crippen molar-refractivity contribution < 1.29 is 5.11 Å². The van der Waals surface area contributed by atoms with Crippen LogP contribution in [-0.4, -0.2) is 28.7 Å². The summed E-state index contributed by atoms with van der Waals surface area (Å²) in [6.07, 6.45) is 2.15. The first kappa shape index (κ1) is 11.2. The molecule has 1 fully saturated rings. The average molecular weight is 236 g/mol. The van der Waals surface area contributed by atoms with Gasteiger partial charge >= 0.3 is 0 Å². The molecule has 1 heterocycles. The molecule has 1 unspecified atom stereocenters. The van der Waals surface area contributed by atoms with Gasteiger partial charge in [0.2, 0.25) is 0 Å². The molecule has 1 aromatic rings. The van der Waals surface area contributed by atoms with Crippen molar-refractivity contribution in [1.29, 1.82) is 0 Å². The van der Waals surface area contributed by atoms with E-state index in [0.29, 0.717) is 5.75 Å². The third-order valence-corrected chi connectivity index (χ3v) is 3.46. The smallest absolute Gasteiger partial charge is 0.169 e. The highest BCUT2D eigenvalue weighted by Gasteiger charge is 2.28. The summed E-state index contributed by atoms with van der Waals surface area (Å²) in [6.45, 7) is 0.957. The van der Waals surface area contributed by atoms with Crippen LogP contribution in [0.1, 0.15) is 24.4 Å². The molecule has 0 bridgehead atoms. The summed E-state index contributed by atoms with van der Waals surface area (Å²) in [5.74, 6) is 0.360. The zero-order valence-electron chi connectivity index (χ0n) is 9.31. The molecular weight excluding hydrogens is 220 g/mol. The van der Waals surface area contributed by atoms with Crippen LogP contribution in [0.5, 0.6) is 5.75 Å². The summed E-state index contributed by atoms with van der Waals surface area (Å²) in [5.41, 5.74) is 0.970. The van der Waals surface area contributed by atoms with Crippen LogP contribution in [0.2, 0.25) is 0 Å². The quantitative estimate of drug-likeness (QED) is 0.731. The number of likely N-dealkylation sites (tertiary alicyclic amines) is 1. The van der Waals surface area contributed by atoms with Gasteiger partial charge in [0.15, 0.2) is 5.11 Å². The van der Waals surface area contributed by atoms with Gasteiger partial charge in [-0.15, -0.1) is 0 Å². The maximum absolute atomic E-state index is 9.85. The fourth-order valence-corrected chi connectivity index (χ4v) is 2.46. The second-order valence-corrected chi connectivity index (χ2v) is 4.35. The van der Waals surface area contributed by atoms with E-state index >= 15 is 0 Å². The van der Waals surface area contributed by atoms with Gasteiger partial charge in [0.1, 0.15) is 5.75 Å². The minimum absolute atomic E-state index is 0.209. The maximum atomic E-state index is 9.85. The van der Waals surface area contributed by atoms with Gasteiger partial charge < -0.3 is 15.3 Å². The minimum Gasteiger partial charge on any atom is -0.508 e. The SMILES string of the molecule is CNC(=S)N1CCCC1c1ccccc1O. The number of nitrogens with zero attached hydrogens (tertiary/aromatic N) is 1. The second-order valence-electron chi connectivity index (χ2n) is 3.97. The van der Waals surface area contributed by atoms with Gasteiger partial charge in [0, 0.05) is 19.2 Å². The molecule has 1 aromatic carbocycles. The predicted octanol–water partition coefficient (Wildman–Crippen LogP) is 2.03. The topological polar surface area (TPSA) is 35.5 Å². The fourth-order valence-electron chi connectivity index (χ4n) is 2.25. The summed E-state index contributed by atoms with van der Waals surface area (Å²) in [6, 6.07) is 7.70. The van der Waals surface area contributed by atoms with Crippen LogP contribution in [0.15, 0.2) is 24.3 Å². The lowest BCUT2D eigenvalue weighted by Crippen LogP contribution is -2.37. The summed E-state index contributed by atoms with van der Waals surface area (Å²) in [7, 11) is 1.84. The van der Waals surface area contributed by atoms with E-state index in [2.05, 4.69) is 10.2 Å². The van der Waals surface area contributed by atoms with Crippen LogP contribution in [0.3, 0.4) is 0 Å². The van der Waals surface area contributed by atoms with Crippen LogP contribution in [0.4, 0.5) is 0 Å². The van der Waals surface area contributed by atoms with E-state index < -0.39 is 0 Å². The average Bonchev–Trinajstić information content (AvgIpc) is 2.77. The Balaban J connectivity index is 2.27. The molecule has 0 spiro atoms. The number of para-hydroxylation sites is 1. The van der Waals surface area contributed by atoms with Crippen molar-refractivity contribution in [3.63, 3.8) is 0 Å². The Bertz CT molecular complexity index is 394. The molecule has 1 aliphatic heterocycles. The number of hydrogen-bond acceptors (Lipinski definition) is 2. The molecule has 0 saturated carbocycles. The predicted molar refractivity (Wildman–Crippen MR) is 68.4 cm³/mol. The monoisotopic (exact) mass is 236 g/mol. The van der Waals surface area contributed by atoms with Gasteiger partial charge in [-0.1, -0.05) is 18.2 Å². The Kier molecular flexibility index (Phi) is 3.29. The highest BCUT2D eigenvalue weighted by atomic mass is 32.1. The maximum Gasteiger partial charge on any atom is 0.169 e. The van der Waals surface area contributed by atoms with Gasteiger partial charge in [0.05, 0.1) is 6.04 Å². The van der Waals surface area contributed by atoms with Crippen molar-refractivity contribution >= 4 is 17.3 Å². The van der Waals surface area contributed by atoms with Crippen molar-refractivity contribution in [2.75, 3.05) is 13.6 Å². The van der Waals surface area contributed by atoms with Gasteiger partial charge in [-0.3, -0.25) is 0 Å². The standard InChI is InChI=1S/C12H16N2OS/c1-13-12(16)14-8-4-6-10(14)9-5-2-3-7-11(9)15/h2-3,5,7,10,15H,4,6,8H2,1H3,(H,13,16). The van der Waals surface area contributed by atoms with Gasteiger partial charge in [-0.2, -0.15) is 0 Å². The number of phenols is 1. The van der Waals surface area contributed by atoms with E-state index in [9.17, 15) is 5.11 Å². The molecule has 2 N–H and O–H groups in total. The van der Waals surface area contributed by atoms with Crippen LogP contribution in [-0.2, 0) is 0 Å². The van der Waals surface area contributed by atoms with Crippen LogP contribution in [0.25, 0.3) is 0 Å². The number of phenolic OH excluding ortho intramolecular Hbond substituents is 1. The van der Waals surface area contributed by atoms with E-state index in [0.717, 1.165) is 30.1 Å². The Morgan fingerprint density at radius 3 is 2.94 bits per heavy atom. The molecule has 0 aliphatic carbocycles. The molecule has 4 heteroatoms. The fraction of sp³-hybridized carbons (Fsp3) is 0.417. The molecule has 1 saturated heterocycles. The van der Waals surface area contributed by atoms with Crippen LogP contribution >= 0.6 is 12.2 Å². The normalized spacial score (nSPS) is 19.8. The van der Waals surface area contributed by atoms with Crippen molar-refractivity contribution in [3.8, 4) is 5.75 Å². The molecule has 1 aliphatic rings. The van der Waals surface area contributed by atoms with E-state index in [-0.39, 0.29) is 6.04 Å². The van der Waals surface area contributed by atoms with E-state index in [1.165, 1.54) is 0 Å². The summed E-state index contributed by atoms with van der Waals surface area (Å²) >= 11 is 5.27. The Morgan fingerprint density at radius 2 is 2.25 bits per heavy atom. The van der Waals surface area contributed by atoms with E-state index in [1.807, 2.05) is 25.2 Å². The number of hydrogen-bond donors (Lipinski definition) is 2. The molecule has 3 nitrogen and oxygen atoms in total. The van der Waals surface area contributed by atoms with Crippen molar-refractivity contribution in [2.24, 2.45) is 0 Å². The molecule has 0 radical (unpaired) electrons. The van der Waals surface area contributed by atoms with Crippen LogP contribution in [0, 0.1) is 0 Å². The first-order chi connectivity index (χ1) is 7.74. The van der Waals surface area contributed by atoms with Crippen molar-refractivity contribution in [2.45, 2.75) is 18.9 Å². The Morgan fingerprint density at radius 1 is 1.50 bits per heavy atom. The molecule has 0 aromatic heterocycles. The highest BCUT2D eigenvalue weighted by Crippen LogP contribution is 2.36. The number of rotatable bonds is 1. The molecule has 16 heavy (non-hydrogen) atoms. The first-order valence-electron chi connectivity index (χ1n) is 5.50. The largest absolute Gasteiger partial charge is 0.508 e. The third kappa shape index (κ3) is 1.97. The number of aromatic hydroxyl groups is 1. The lowest BCUT2D eigenvalue weighted by molar-refractivity contribution is 0.377. The lowest BCUT2D eigenvalue weighted by Gasteiger charge is -2.27. The Labute approximate surface area is 101 Å². The van der Waals surface area contributed by atoms with Gasteiger partial charge in [0.25, 0.3) is 0 Å². The Hall–Kier alpha value is -1.29. The summed E-state index contributed by atoms with van der Waals surface area (Å²) in [5, 5.41) is 13.6. The minimum atomic E-state index is 0.209. The second kappa shape index (κ2) is 4.70. The summed E-state index contributed by atoms with van der Waals surface area (Å²) < 4.78 is 0. The molecule has 0 amide bonds. The number of benzene rings is 1. The molecular formula is C12H16N2OS. The molecule has 86 valence electrons. The van der Waals surface area contributed by atoms with Crippen LogP contribution < -0.4 is 5.32 Å².